The second-order valence-electron chi connectivity index (χ2n) is 7.10. The Morgan fingerprint density at radius 2 is 1.96 bits per heavy atom. The highest BCUT2D eigenvalue weighted by Crippen LogP contribution is 2.15. The van der Waals surface area contributed by atoms with Crippen LogP contribution >= 0.6 is 0 Å². The van der Waals surface area contributed by atoms with Crippen molar-refractivity contribution in [3.63, 3.8) is 0 Å². The van der Waals surface area contributed by atoms with E-state index < -0.39 is 0 Å². The number of ketones is 1. The monoisotopic (exact) mass is 340 g/mol. The van der Waals surface area contributed by atoms with Crippen molar-refractivity contribution in [3.8, 4) is 0 Å². The van der Waals surface area contributed by atoms with Crippen LogP contribution < -0.4 is 5.73 Å². The van der Waals surface area contributed by atoms with Gasteiger partial charge in [-0.25, -0.2) is 0 Å². The Kier molecular flexibility index (Phi) is 7.45. The molecule has 0 radical (unpaired) electrons. The molecule has 2 aromatic rings. The molecule has 0 amide bonds. The van der Waals surface area contributed by atoms with E-state index >= 15 is 0 Å². The van der Waals surface area contributed by atoms with E-state index in [1.807, 2.05) is 17.7 Å². The van der Waals surface area contributed by atoms with Crippen LogP contribution in [0.15, 0.2) is 36.4 Å². The molecule has 0 aliphatic rings. The maximum Gasteiger partial charge on any atom is 0.179 e. The van der Waals surface area contributed by atoms with E-state index in [0.717, 1.165) is 44.2 Å². The fourth-order valence-corrected chi connectivity index (χ4v) is 3.23. The molecule has 0 fully saturated rings. The summed E-state index contributed by atoms with van der Waals surface area (Å²) in [6, 6.07) is 12.9. The van der Waals surface area contributed by atoms with Gasteiger partial charge in [0, 0.05) is 25.2 Å². The first-order valence-electron chi connectivity index (χ1n) is 9.50. The summed E-state index contributed by atoms with van der Waals surface area (Å²) in [7, 11) is 1.99. The first-order chi connectivity index (χ1) is 12.0. The number of unbranched alkanes of at least 4 members (excludes halogenated alkanes) is 1. The molecule has 0 saturated carbocycles. The predicted molar refractivity (Wildman–Crippen MR) is 105 cm³/mol. The molecule has 2 rings (SSSR count). The van der Waals surface area contributed by atoms with Crippen LogP contribution in [-0.4, -0.2) is 16.4 Å². The summed E-state index contributed by atoms with van der Waals surface area (Å²) in [6.45, 7) is 4.23. The SMILES string of the molecule is CCC(N)CCc1ccc(C(=O)CCCCc2cccc(C)c2)n1C. The van der Waals surface area contributed by atoms with Crippen LogP contribution in [0.25, 0.3) is 0 Å². The standard InChI is InChI=1S/C22H32N2O/c1-4-19(23)12-13-20-14-15-21(24(20)3)22(25)11-6-5-9-18-10-7-8-17(2)16-18/h7-8,10,14-16,19H,4-6,9,11-13,23H2,1-3H3. The van der Waals surface area contributed by atoms with Gasteiger partial charge in [-0.2, -0.15) is 0 Å². The van der Waals surface area contributed by atoms with E-state index in [2.05, 4.69) is 44.2 Å². The minimum absolute atomic E-state index is 0.246. The van der Waals surface area contributed by atoms with Crippen molar-refractivity contribution in [2.45, 2.75) is 64.8 Å². The molecule has 25 heavy (non-hydrogen) atoms. The van der Waals surface area contributed by atoms with E-state index in [-0.39, 0.29) is 11.8 Å². The lowest BCUT2D eigenvalue weighted by molar-refractivity contribution is 0.0971. The highest BCUT2D eigenvalue weighted by Gasteiger charge is 2.13. The summed E-state index contributed by atoms with van der Waals surface area (Å²) < 4.78 is 2.05. The van der Waals surface area contributed by atoms with E-state index in [1.165, 1.54) is 16.8 Å². The summed E-state index contributed by atoms with van der Waals surface area (Å²) in [4.78, 5) is 12.5. The number of rotatable bonds is 10. The van der Waals surface area contributed by atoms with Crippen molar-refractivity contribution in [1.82, 2.24) is 4.57 Å². The third kappa shape index (κ3) is 5.86. The van der Waals surface area contributed by atoms with Crippen LogP contribution in [0.3, 0.4) is 0 Å². The summed E-state index contributed by atoms with van der Waals surface area (Å²) in [6.07, 6.45) is 6.56. The van der Waals surface area contributed by atoms with E-state index in [0.29, 0.717) is 6.42 Å². The second-order valence-corrected chi connectivity index (χ2v) is 7.10. The number of carbonyl (C=O) groups is 1. The van der Waals surface area contributed by atoms with Crippen molar-refractivity contribution < 1.29 is 4.79 Å². The molecule has 0 aliphatic carbocycles. The Balaban J connectivity index is 1.79. The van der Waals surface area contributed by atoms with Gasteiger partial charge < -0.3 is 10.3 Å². The molecule has 136 valence electrons. The van der Waals surface area contributed by atoms with Crippen LogP contribution in [0.1, 0.15) is 66.3 Å². The Morgan fingerprint density at radius 1 is 1.16 bits per heavy atom. The zero-order chi connectivity index (χ0) is 18.2. The Hall–Kier alpha value is -1.87. The molecule has 1 aromatic carbocycles. The van der Waals surface area contributed by atoms with Crippen molar-refractivity contribution in [3.05, 3.63) is 58.9 Å². The Morgan fingerprint density at radius 3 is 2.68 bits per heavy atom. The third-order valence-corrected chi connectivity index (χ3v) is 5.01. The van der Waals surface area contributed by atoms with Crippen LogP contribution in [0.4, 0.5) is 0 Å². The highest BCUT2D eigenvalue weighted by atomic mass is 16.1. The lowest BCUT2D eigenvalue weighted by Gasteiger charge is -2.10. The van der Waals surface area contributed by atoms with E-state index in [1.54, 1.807) is 0 Å². The molecule has 0 saturated heterocycles. The third-order valence-electron chi connectivity index (χ3n) is 5.01. The molecule has 3 nitrogen and oxygen atoms in total. The lowest BCUT2D eigenvalue weighted by atomic mass is 10.0. The Bertz CT molecular complexity index is 687. The van der Waals surface area contributed by atoms with Gasteiger partial charge in [-0.1, -0.05) is 36.8 Å². The Labute approximate surface area is 152 Å². The van der Waals surface area contributed by atoms with Gasteiger partial charge in [0.05, 0.1) is 5.69 Å². The molecular formula is C22H32N2O. The first-order valence-corrected chi connectivity index (χ1v) is 9.50. The summed E-state index contributed by atoms with van der Waals surface area (Å²) in [5.74, 6) is 0.248. The maximum absolute atomic E-state index is 12.5. The maximum atomic E-state index is 12.5. The van der Waals surface area contributed by atoms with Gasteiger partial charge in [-0.15, -0.1) is 0 Å². The number of benzene rings is 1. The van der Waals surface area contributed by atoms with Crippen molar-refractivity contribution in [2.75, 3.05) is 0 Å². The molecule has 1 heterocycles. The highest BCUT2D eigenvalue weighted by molar-refractivity contribution is 5.94. The number of carbonyl (C=O) groups excluding carboxylic acids is 1. The van der Waals surface area contributed by atoms with Gasteiger partial charge in [0.25, 0.3) is 0 Å². The first kappa shape index (κ1) is 19.5. The fraction of sp³-hybridized carbons (Fsp3) is 0.500. The summed E-state index contributed by atoms with van der Waals surface area (Å²) >= 11 is 0. The largest absolute Gasteiger partial charge is 0.345 e. The number of nitrogens with two attached hydrogens (primary N) is 1. The van der Waals surface area contributed by atoms with Crippen molar-refractivity contribution >= 4 is 5.78 Å². The topological polar surface area (TPSA) is 48.0 Å². The zero-order valence-corrected chi connectivity index (χ0v) is 15.9. The number of hydrogen-bond acceptors (Lipinski definition) is 2. The van der Waals surface area contributed by atoms with Crippen LogP contribution in [0.2, 0.25) is 0 Å². The fourth-order valence-electron chi connectivity index (χ4n) is 3.23. The van der Waals surface area contributed by atoms with Crippen molar-refractivity contribution in [2.24, 2.45) is 12.8 Å². The van der Waals surface area contributed by atoms with Crippen LogP contribution in [-0.2, 0) is 19.9 Å². The van der Waals surface area contributed by atoms with Crippen LogP contribution in [0, 0.1) is 6.92 Å². The van der Waals surface area contributed by atoms with Gasteiger partial charge >= 0.3 is 0 Å². The smallest absolute Gasteiger partial charge is 0.179 e. The van der Waals surface area contributed by atoms with Gasteiger partial charge in [-0.3, -0.25) is 4.79 Å². The number of aromatic nitrogens is 1. The normalized spacial score (nSPS) is 12.3. The number of nitrogens with zero attached hydrogens (tertiary/aromatic N) is 1. The average Bonchev–Trinajstić information content (AvgIpc) is 2.97. The molecule has 3 heteroatoms. The van der Waals surface area contributed by atoms with Gasteiger partial charge in [-0.05, 0) is 63.1 Å². The molecule has 0 bridgehead atoms. The van der Waals surface area contributed by atoms with Crippen molar-refractivity contribution in [1.29, 1.82) is 0 Å². The number of hydrogen-bond donors (Lipinski definition) is 1. The predicted octanol–water partition coefficient (Wildman–Crippen LogP) is 4.60. The summed E-state index contributed by atoms with van der Waals surface area (Å²) in [5.41, 5.74) is 10.7. The number of Topliss-reactive ketones (excluding diaryl/α,β-unsaturated/α-hetero) is 1. The lowest BCUT2D eigenvalue weighted by Crippen LogP contribution is -2.19. The average molecular weight is 341 g/mol. The van der Waals surface area contributed by atoms with Gasteiger partial charge in [0.1, 0.15) is 0 Å². The molecule has 2 N–H and O–H groups in total. The molecule has 0 aliphatic heterocycles. The summed E-state index contributed by atoms with van der Waals surface area (Å²) in [5, 5.41) is 0. The minimum Gasteiger partial charge on any atom is -0.345 e. The molecule has 1 aromatic heterocycles. The quantitative estimate of drug-likeness (QED) is 0.507. The van der Waals surface area contributed by atoms with Crippen LogP contribution in [0.5, 0.6) is 0 Å². The zero-order valence-electron chi connectivity index (χ0n) is 15.9. The van der Waals surface area contributed by atoms with Gasteiger partial charge in [0.15, 0.2) is 5.78 Å². The molecule has 1 atom stereocenters. The number of aryl methyl sites for hydroxylation is 3. The van der Waals surface area contributed by atoms with E-state index in [4.69, 9.17) is 5.73 Å². The second kappa shape index (κ2) is 9.57. The van der Waals surface area contributed by atoms with E-state index in [9.17, 15) is 4.79 Å². The molecule has 1 unspecified atom stereocenters. The molecule has 0 spiro atoms. The minimum atomic E-state index is 0.246. The molecular weight excluding hydrogens is 308 g/mol. The van der Waals surface area contributed by atoms with Gasteiger partial charge in [0.2, 0.25) is 0 Å².